The Morgan fingerprint density at radius 2 is 2.08 bits per heavy atom. The van der Waals surface area contributed by atoms with Gasteiger partial charge in [-0.25, -0.2) is 0 Å². The molecule has 13 heavy (non-hydrogen) atoms. The van der Waals surface area contributed by atoms with Crippen LogP contribution in [-0.4, -0.2) is 57.5 Å². The molecule has 2 N–H and O–H groups in total. The van der Waals surface area contributed by atoms with Gasteiger partial charge in [0.05, 0.1) is 0 Å². The molecule has 0 aliphatic carbocycles. The molecule has 0 aromatic carbocycles. The van der Waals surface area contributed by atoms with Gasteiger partial charge in [0.15, 0.2) is 12.5 Å². The number of likely N-dealkylation sites (N-methyl/N-ethyl adjacent to an activating group) is 1. The third-order valence-corrected chi connectivity index (χ3v) is 2.44. The van der Waals surface area contributed by atoms with E-state index in [9.17, 15) is 15.0 Å². The standard InChI is InChI=1S/C7H13ClN2O3/c1-2-9-3-4-10(7(8)13)6(12)5(9)11/h5-6,11-12H,2-4H2,1H3. The summed E-state index contributed by atoms with van der Waals surface area (Å²) < 4.78 is 0. The Hall–Kier alpha value is -0.360. The van der Waals surface area contributed by atoms with Crippen molar-refractivity contribution in [3.63, 3.8) is 0 Å². The number of nitrogens with zero attached hydrogens (tertiary/aromatic N) is 2. The van der Waals surface area contributed by atoms with Gasteiger partial charge in [0.2, 0.25) is 0 Å². The highest BCUT2D eigenvalue weighted by Crippen LogP contribution is 2.14. The number of piperazine rings is 1. The molecule has 2 atom stereocenters. The van der Waals surface area contributed by atoms with E-state index in [1.807, 2.05) is 6.92 Å². The Kier molecular flexibility index (Phi) is 3.49. The van der Waals surface area contributed by atoms with Crippen LogP contribution in [0.5, 0.6) is 0 Å². The molecule has 1 aliphatic heterocycles. The lowest BCUT2D eigenvalue weighted by Crippen LogP contribution is -2.60. The number of hydrogen-bond acceptors (Lipinski definition) is 4. The maximum Gasteiger partial charge on any atom is 0.318 e. The lowest BCUT2D eigenvalue weighted by molar-refractivity contribution is -0.157. The van der Waals surface area contributed by atoms with Gasteiger partial charge in [0.25, 0.3) is 0 Å². The van der Waals surface area contributed by atoms with Crippen LogP contribution in [0, 0.1) is 0 Å². The second kappa shape index (κ2) is 4.23. The van der Waals surface area contributed by atoms with Gasteiger partial charge in [-0.1, -0.05) is 6.92 Å². The molecule has 0 aromatic heterocycles. The summed E-state index contributed by atoms with van der Waals surface area (Å²) in [6.45, 7) is 3.36. The third kappa shape index (κ3) is 2.11. The van der Waals surface area contributed by atoms with Gasteiger partial charge in [-0.2, -0.15) is 0 Å². The number of hydrogen-bond donors (Lipinski definition) is 2. The second-order valence-corrected chi connectivity index (χ2v) is 3.23. The van der Waals surface area contributed by atoms with Gasteiger partial charge in [-0.15, -0.1) is 0 Å². The van der Waals surface area contributed by atoms with Crippen molar-refractivity contribution >= 4 is 17.0 Å². The van der Waals surface area contributed by atoms with Crippen molar-refractivity contribution in [2.24, 2.45) is 0 Å². The molecule has 1 amide bonds. The summed E-state index contributed by atoms with van der Waals surface area (Å²) in [5.41, 5.74) is 0. The Morgan fingerprint density at radius 1 is 1.46 bits per heavy atom. The average molecular weight is 209 g/mol. The molecule has 1 fully saturated rings. The van der Waals surface area contributed by atoms with Crippen LogP contribution < -0.4 is 0 Å². The zero-order valence-electron chi connectivity index (χ0n) is 7.35. The topological polar surface area (TPSA) is 64.0 Å². The third-order valence-electron chi connectivity index (χ3n) is 2.22. The van der Waals surface area contributed by atoms with Gasteiger partial charge in [0, 0.05) is 13.1 Å². The normalized spacial score (nSPS) is 30.6. The van der Waals surface area contributed by atoms with Crippen molar-refractivity contribution in [3.05, 3.63) is 0 Å². The molecule has 0 bridgehead atoms. The number of halogens is 1. The summed E-state index contributed by atoms with van der Waals surface area (Å²) in [6, 6.07) is 0. The van der Waals surface area contributed by atoms with Crippen LogP contribution in [0.4, 0.5) is 4.79 Å². The summed E-state index contributed by atoms with van der Waals surface area (Å²) in [4.78, 5) is 13.5. The molecule has 1 aliphatic rings. The predicted octanol–water partition coefficient (Wildman–Crippen LogP) is -0.381. The van der Waals surface area contributed by atoms with Crippen molar-refractivity contribution in [1.29, 1.82) is 0 Å². The van der Waals surface area contributed by atoms with Crippen LogP contribution in [0.15, 0.2) is 0 Å². The van der Waals surface area contributed by atoms with E-state index in [0.717, 1.165) is 4.90 Å². The maximum absolute atomic E-state index is 10.8. The lowest BCUT2D eigenvalue weighted by Gasteiger charge is -2.40. The average Bonchev–Trinajstić information content (AvgIpc) is 2.09. The van der Waals surface area contributed by atoms with E-state index in [0.29, 0.717) is 19.6 Å². The first kappa shape index (κ1) is 10.7. The first-order valence-corrected chi connectivity index (χ1v) is 4.52. The number of carbonyl (C=O) groups excluding carboxylic acids is 1. The van der Waals surface area contributed by atoms with Crippen molar-refractivity contribution in [3.8, 4) is 0 Å². The number of rotatable bonds is 1. The van der Waals surface area contributed by atoms with Crippen LogP contribution in [0.2, 0.25) is 0 Å². The Balaban J connectivity index is 2.64. The number of aliphatic hydroxyl groups is 2. The van der Waals surface area contributed by atoms with Gasteiger partial charge in [0.1, 0.15) is 0 Å². The van der Waals surface area contributed by atoms with E-state index < -0.39 is 17.8 Å². The zero-order chi connectivity index (χ0) is 10.0. The van der Waals surface area contributed by atoms with E-state index in [4.69, 9.17) is 11.6 Å². The first-order valence-electron chi connectivity index (χ1n) is 4.14. The fourth-order valence-corrected chi connectivity index (χ4v) is 1.57. The van der Waals surface area contributed by atoms with E-state index >= 15 is 0 Å². The fraction of sp³-hybridized carbons (Fsp3) is 0.857. The molecule has 1 heterocycles. The number of amides is 1. The monoisotopic (exact) mass is 208 g/mol. The van der Waals surface area contributed by atoms with Crippen LogP contribution in [0.3, 0.4) is 0 Å². The maximum atomic E-state index is 10.8. The predicted molar refractivity (Wildman–Crippen MR) is 47.2 cm³/mol. The van der Waals surface area contributed by atoms with E-state index in [2.05, 4.69) is 0 Å². The molecule has 2 unspecified atom stereocenters. The van der Waals surface area contributed by atoms with E-state index in [1.165, 1.54) is 0 Å². The minimum atomic E-state index is -1.22. The number of aliphatic hydroxyl groups excluding tert-OH is 2. The summed E-state index contributed by atoms with van der Waals surface area (Å²) in [5, 5.41) is 18.2. The van der Waals surface area contributed by atoms with Crippen LogP contribution in [-0.2, 0) is 0 Å². The van der Waals surface area contributed by atoms with Crippen molar-refractivity contribution in [2.75, 3.05) is 19.6 Å². The van der Waals surface area contributed by atoms with E-state index in [-0.39, 0.29) is 0 Å². The summed E-state index contributed by atoms with van der Waals surface area (Å²) >= 11 is 5.21. The molecule has 0 saturated carbocycles. The summed E-state index contributed by atoms with van der Waals surface area (Å²) in [7, 11) is 0. The summed E-state index contributed by atoms with van der Waals surface area (Å²) in [5.74, 6) is 0. The molecule has 5 nitrogen and oxygen atoms in total. The zero-order valence-corrected chi connectivity index (χ0v) is 8.11. The second-order valence-electron chi connectivity index (χ2n) is 2.90. The highest BCUT2D eigenvalue weighted by molar-refractivity contribution is 6.62. The largest absolute Gasteiger partial charge is 0.374 e. The smallest absolute Gasteiger partial charge is 0.318 e. The van der Waals surface area contributed by atoms with Crippen LogP contribution in [0.1, 0.15) is 6.92 Å². The molecule has 6 heteroatoms. The minimum Gasteiger partial charge on any atom is -0.374 e. The quantitative estimate of drug-likeness (QED) is 0.456. The molecule has 76 valence electrons. The van der Waals surface area contributed by atoms with Crippen LogP contribution >= 0.6 is 11.6 Å². The van der Waals surface area contributed by atoms with Crippen molar-refractivity contribution < 1.29 is 15.0 Å². The molecule has 1 saturated heterocycles. The van der Waals surface area contributed by atoms with Gasteiger partial charge in [-0.05, 0) is 18.1 Å². The molecular formula is C7H13ClN2O3. The molecule has 1 rings (SSSR count). The fourth-order valence-electron chi connectivity index (χ4n) is 1.39. The number of carbonyl (C=O) groups is 1. The van der Waals surface area contributed by atoms with Crippen molar-refractivity contribution in [1.82, 2.24) is 9.80 Å². The minimum absolute atomic E-state index is 0.342. The summed E-state index contributed by atoms with van der Waals surface area (Å²) in [6.07, 6.45) is -2.26. The Bertz CT molecular complexity index is 202. The molecule has 0 aromatic rings. The van der Waals surface area contributed by atoms with E-state index in [1.54, 1.807) is 4.90 Å². The van der Waals surface area contributed by atoms with Crippen LogP contribution in [0.25, 0.3) is 0 Å². The van der Waals surface area contributed by atoms with Gasteiger partial charge in [-0.3, -0.25) is 14.6 Å². The highest BCUT2D eigenvalue weighted by Gasteiger charge is 2.34. The highest BCUT2D eigenvalue weighted by atomic mass is 35.5. The van der Waals surface area contributed by atoms with Crippen molar-refractivity contribution in [2.45, 2.75) is 19.4 Å². The SMILES string of the molecule is CCN1CCN(C(=O)Cl)C(O)C1O. The lowest BCUT2D eigenvalue weighted by atomic mass is 10.3. The van der Waals surface area contributed by atoms with Gasteiger partial charge < -0.3 is 10.2 Å². The first-order chi connectivity index (χ1) is 6.07. The Morgan fingerprint density at radius 3 is 2.54 bits per heavy atom. The molecule has 0 radical (unpaired) electrons. The molecular weight excluding hydrogens is 196 g/mol. The van der Waals surface area contributed by atoms with Gasteiger partial charge >= 0.3 is 5.37 Å². The Labute approximate surface area is 81.5 Å². The molecule has 0 spiro atoms.